The predicted octanol–water partition coefficient (Wildman–Crippen LogP) is 5.59. The number of rotatable bonds is 4. The molecule has 0 radical (unpaired) electrons. The third kappa shape index (κ3) is 2.88. The van der Waals surface area contributed by atoms with Crippen molar-refractivity contribution in [2.75, 3.05) is 14.2 Å². The highest BCUT2D eigenvalue weighted by Gasteiger charge is 2.13. The van der Waals surface area contributed by atoms with Crippen molar-refractivity contribution < 1.29 is 9.47 Å². The van der Waals surface area contributed by atoms with Gasteiger partial charge in [-0.25, -0.2) is 4.98 Å². The van der Waals surface area contributed by atoms with Crippen molar-refractivity contribution in [1.82, 2.24) is 4.98 Å². The first-order valence-electron chi connectivity index (χ1n) is 8.48. The standard InChI is InChI=1S/C23H19NO2/c1-25-22-14-19-18(16-9-5-3-6-10-16)13-20(17-11-7-4-8-12-17)24-21(19)15-23(22)26-2/h3-15H,1-2H3. The van der Waals surface area contributed by atoms with Crippen molar-refractivity contribution in [3.8, 4) is 33.9 Å². The SMILES string of the molecule is COc1cc2nc(-c3ccccc3)cc(-c3ccccc3)c2cc1OC. The van der Waals surface area contributed by atoms with Crippen LogP contribution in [0.3, 0.4) is 0 Å². The number of methoxy groups -OCH3 is 2. The smallest absolute Gasteiger partial charge is 0.162 e. The Labute approximate surface area is 152 Å². The van der Waals surface area contributed by atoms with Crippen LogP contribution in [-0.2, 0) is 0 Å². The molecule has 3 aromatic carbocycles. The maximum atomic E-state index is 5.50. The van der Waals surface area contributed by atoms with Gasteiger partial charge in [0, 0.05) is 17.0 Å². The largest absolute Gasteiger partial charge is 0.493 e. The van der Waals surface area contributed by atoms with Gasteiger partial charge in [0.2, 0.25) is 0 Å². The molecule has 0 aliphatic heterocycles. The van der Waals surface area contributed by atoms with Gasteiger partial charge < -0.3 is 9.47 Å². The second-order valence-electron chi connectivity index (χ2n) is 6.01. The van der Waals surface area contributed by atoms with E-state index in [1.54, 1.807) is 14.2 Å². The van der Waals surface area contributed by atoms with Crippen molar-refractivity contribution in [3.05, 3.63) is 78.9 Å². The number of pyridine rings is 1. The molecule has 0 atom stereocenters. The predicted molar refractivity (Wildman–Crippen MR) is 106 cm³/mol. The summed E-state index contributed by atoms with van der Waals surface area (Å²) >= 11 is 0. The van der Waals surface area contributed by atoms with Crippen molar-refractivity contribution in [2.45, 2.75) is 0 Å². The summed E-state index contributed by atoms with van der Waals surface area (Å²) in [6, 6.07) is 26.6. The molecule has 1 heterocycles. The van der Waals surface area contributed by atoms with Crippen LogP contribution in [0.4, 0.5) is 0 Å². The molecule has 0 amide bonds. The van der Waals surface area contributed by atoms with E-state index in [0.29, 0.717) is 11.5 Å². The van der Waals surface area contributed by atoms with Crippen LogP contribution in [0.25, 0.3) is 33.3 Å². The second-order valence-corrected chi connectivity index (χ2v) is 6.01. The van der Waals surface area contributed by atoms with Gasteiger partial charge in [-0.1, -0.05) is 60.7 Å². The van der Waals surface area contributed by atoms with E-state index in [9.17, 15) is 0 Å². The molecule has 0 spiro atoms. The number of aromatic nitrogens is 1. The summed E-state index contributed by atoms with van der Waals surface area (Å²) in [5.74, 6) is 1.38. The van der Waals surface area contributed by atoms with E-state index in [1.165, 1.54) is 0 Å². The number of fused-ring (bicyclic) bond motifs is 1. The van der Waals surface area contributed by atoms with Crippen molar-refractivity contribution in [1.29, 1.82) is 0 Å². The maximum absolute atomic E-state index is 5.50. The maximum Gasteiger partial charge on any atom is 0.162 e. The molecule has 0 aliphatic rings. The number of ether oxygens (including phenoxy) is 2. The van der Waals surface area contributed by atoms with Gasteiger partial charge in [0.25, 0.3) is 0 Å². The third-order valence-electron chi connectivity index (χ3n) is 4.47. The molecule has 0 saturated carbocycles. The van der Waals surface area contributed by atoms with Gasteiger partial charge in [-0.3, -0.25) is 0 Å². The Morgan fingerprint density at radius 2 is 1.23 bits per heavy atom. The van der Waals surface area contributed by atoms with Crippen molar-refractivity contribution >= 4 is 10.9 Å². The van der Waals surface area contributed by atoms with E-state index in [2.05, 4.69) is 30.3 Å². The molecule has 26 heavy (non-hydrogen) atoms. The van der Waals surface area contributed by atoms with E-state index in [1.807, 2.05) is 48.5 Å². The third-order valence-corrected chi connectivity index (χ3v) is 4.47. The van der Waals surface area contributed by atoms with Crippen LogP contribution < -0.4 is 9.47 Å². The summed E-state index contributed by atoms with van der Waals surface area (Å²) in [5, 5.41) is 1.04. The van der Waals surface area contributed by atoms with Crippen molar-refractivity contribution in [3.63, 3.8) is 0 Å². The Bertz CT molecular complexity index is 1040. The molecule has 4 rings (SSSR count). The first kappa shape index (κ1) is 16.2. The fourth-order valence-electron chi connectivity index (χ4n) is 3.17. The molecule has 1 aromatic heterocycles. The zero-order chi connectivity index (χ0) is 17.9. The lowest BCUT2D eigenvalue weighted by Gasteiger charge is -2.14. The fourth-order valence-corrected chi connectivity index (χ4v) is 3.17. The van der Waals surface area contributed by atoms with Gasteiger partial charge in [-0.15, -0.1) is 0 Å². The number of hydrogen-bond donors (Lipinski definition) is 0. The minimum Gasteiger partial charge on any atom is -0.493 e. The molecule has 0 bridgehead atoms. The highest BCUT2D eigenvalue weighted by atomic mass is 16.5. The van der Waals surface area contributed by atoms with Crippen LogP contribution in [0, 0.1) is 0 Å². The Morgan fingerprint density at radius 3 is 1.85 bits per heavy atom. The lowest BCUT2D eigenvalue weighted by Crippen LogP contribution is -1.94. The van der Waals surface area contributed by atoms with Gasteiger partial charge in [0.15, 0.2) is 11.5 Å². The van der Waals surface area contributed by atoms with Crippen LogP contribution in [-0.4, -0.2) is 19.2 Å². The fraction of sp³-hybridized carbons (Fsp3) is 0.0870. The molecule has 0 aliphatic carbocycles. The molecule has 3 heteroatoms. The van der Waals surface area contributed by atoms with Gasteiger partial charge in [-0.2, -0.15) is 0 Å². The lowest BCUT2D eigenvalue weighted by molar-refractivity contribution is 0.356. The van der Waals surface area contributed by atoms with E-state index in [4.69, 9.17) is 14.5 Å². The number of hydrogen-bond acceptors (Lipinski definition) is 3. The first-order chi connectivity index (χ1) is 12.8. The second kappa shape index (κ2) is 6.89. The van der Waals surface area contributed by atoms with Gasteiger partial charge in [-0.05, 0) is 23.3 Å². The van der Waals surface area contributed by atoms with Crippen LogP contribution in [0.1, 0.15) is 0 Å². The summed E-state index contributed by atoms with van der Waals surface area (Å²) in [6.07, 6.45) is 0. The van der Waals surface area contributed by atoms with E-state index in [0.717, 1.165) is 33.3 Å². The molecular formula is C23H19NO2. The minimum absolute atomic E-state index is 0.678. The number of nitrogens with zero attached hydrogens (tertiary/aromatic N) is 1. The first-order valence-corrected chi connectivity index (χ1v) is 8.48. The summed E-state index contributed by atoms with van der Waals surface area (Å²) in [6.45, 7) is 0. The Kier molecular flexibility index (Phi) is 4.28. The topological polar surface area (TPSA) is 31.4 Å². The van der Waals surface area contributed by atoms with Crippen molar-refractivity contribution in [2.24, 2.45) is 0 Å². The van der Waals surface area contributed by atoms with Gasteiger partial charge in [0.05, 0.1) is 25.4 Å². The zero-order valence-electron chi connectivity index (χ0n) is 14.8. The van der Waals surface area contributed by atoms with Crippen LogP contribution >= 0.6 is 0 Å². The highest BCUT2D eigenvalue weighted by molar-refractivity contribution is 5.98. The van der Waals surface area contributed by atoms with E-state index in [-0.39, 0.29) is 0 Å². The zero-order valence-corrected chi connectivity index (χ0v) is 14.8. The highest BCUT2D eigenvalue weighted by Crippen LogP contribution is 2.38. The molecule has 0 fully saturated rings. The minimum atomic E-state index is 0.678. The number of benzene rings is 3. The Hall–Kier alpha value is -3.33. The van der Waals surface area contributed by atoms with E-state index >= 15 is 0 Å². The average Bonchev–Trinajstić information content (AvgIpc) is 2.73. The van der Waals surface area contributed by atoms with Gasteiger partial charge >= 0.3 is 0 Å². The van der Waals surface area contributed by atoms with Gasteiger partial charge in [0.1, 0.15) is 0 Å². The normalized spacial score (nSPS) is 10.7. The lowest BCUT2D eigenvalue weighted by atomic mass is 9.98. The monoisotopic (exact) mass is 341 g/mol. The molecule has 3 nitrogen and oxygen atoms in total. The van der Waals surface area contributed by atoms with Crippen LogP contribution in [0.2, 0.25) is 0 Å². The Balaban J connectivity index is 2.05. The molecule has 0 unspecified atom stereocenters. The summed E-state index contributed by atoms with van der Waals surface area (Å²) in [7, 11) is 3.29. The summed E-state index contributed by atoms with van der Waals surface area (Å²) in [5.41, 5.74) is 5.16. The van der Waals surface area contributed by atoms with Crippen LogP contribution in [0.15, 0.2) is 78.9 Å². The Morgan fingerprint density at radius 1 is 0.654 bits per heavy atom. The molecule has 0 saturated heterocycles. The molecular weight excluding hydrogens is 322 g/mol. The summed E-state index contributed by atoms with van der Waals surface area (Å²) < 4.78 is 11.0. The molecule has 4 aromatic rings. The molecule has 128 valence electrons. The quantitative estimate of drug-likeness (QED) is 0.485. The molecule has 0 N–H and O–H groups in total. The summed E-state index contributed by atoms with van der Waals surface area (Å²) in [4.78, 5) is 4.88. The average molecular weight is 341 g/mol. The van der Waals surface area contributed by atoms with Crippen LogP contribution in [0.5, 0.6) is 11.5 Å². The van der Waals surface area contributed by atoms with E-state index < -0.39 is 0 Å².